The molecule has 152 valence electrons. The number of hydrogen-bond acceptors (Lipinski definition) is 3. The highest BCUT2D eigenvalue weighted by Gasteiger charge is 2.20. The Morgan fingerprint density at radius 3 is 2.68 bits per heavy atom. The number of aliphatic imine (C=N–C) groups is 1. The molecule has 1 unspecified atom stereocenters. The van der Waals surface area contributed by atoms with Gasteiger partial charge in [-0.15, -0.1) is 0 Å². The molecule has 1 fully saturated rings. The number of likely N-dealkylation sites (tertiary alicyclic amines) is 1. The lowest BCUT2D eigenvalue weighted by atomic mass is 10.0. The van der Waals surface area contributed by atoms with E-state index < -0.39 is 0 Å². The van der Waals surface area contributed by atoms with Crippen LogP contribution in [0.4, 0.5) is 0 Å². The molecule has 7 heteroatoms. The van der Waals surface area contributed by atoms with Crippen molar-refractivity contribution in [3.63, 3.8) is 0 Å². The number of hydrogen-bond donors (Lipinski definition) is 2. The van der Waals surface area contributed by atoms with Gasteiger partial charge in [0.2, 0.25) is 0 Å². The van der Waals surface area contributed by atoms with Gasteiger partial charge in [-0.1, -0.05) is 35.0 Å². The van der Waals surface area contributed by atoms with Gasteiger partial charge in [-0.25, -0.2) is 0 Å². The number of rotatable bonds is 7. The third-order valence-electron chi connectivity index (χ3n) is 5.15. The molecule has 2 N–H and O–H groups in total. The van der Waals surface area contributed by atoms with E-state index in [-0.39, 0.29) is 0 Å². The average molecular weight is 447 g/mol. The summed E-state index contributed by atoms with van der Waals surface area (Å²) in [6, 6.07) is 11.1. The summed E-state index contributed by atoms with van der Waals surface area (Å²) in [4.78, 5) is 6.93. The predicted molar refractivity (Wildman–Crippen MR) is 118 cm³/mol. The number of benzene rings is 1. The van der Waals surface area contributed by atoms with E-state index in [0.29, 0.717) is 12.0 Å². The lowest BCUT2D eigenvalue weighted by molar-refractivity contribution is 0.198. The van der Waals surface area contributed by atoms with Crippen molar-refractivity contribution in [2.75, 3.05) is 26.7 Å². The second-order valence-electron chi connectivity index (χ2n) is 7.61. The van der Waals surface area contributed by atoms with Crippen LogP contribution in [-0.2, 0) is 13.1 Å². The molecule has 0 saturated carbocycles. The molecule has 2 aromatic rings. The van der Waals surface area contributed by atoms with E-state index >= 15 is 0 Å². The normalized spacial score (nSPS) is 17.5. The van der Waals surface area contributed by atoms with Crippen LogP contribution in [0, 0.1) is 5.92 Å². The molecule has 0 radical (unpaired) electrons. The molecule has 0 aliphatic carbocycles. The molecule has 1 aromatic carbocycles. The van der Waals surface area contributed by atoms with Gasteiger partial charge in [0, 0.05) is 62.7 Å². The molecule has 1 aliphatic rings. The smallest absolute Gasteiger partial charge is 0.191 e. The van der Waals surface area contributed by atoms with E-state index in [9.17, 15) is 0 Å². The summed E-state index contributed by atoms with van der Waals surface area (Å²) >= 11 is 3.50. The fourth-order valence-corrected chi connectivity index (χ4v) is 3.80. The van der Waals surface area contributed by atoms with E-state index in [1.165, 1.54) is 5.56 Å². The Hall–Kier alpha value is -1.86. The van der Waals surface area contributed by atoms with E-state index in [1.807, 2.05) is 30.2 Å². The first-order chi connectivity index (χ1) is 13.6. The van der Waals surface area contributed by atoms with Gasteiger partial charge in [-0.2, -0.15) is 5.10 Å². The summed E-state index contributed by atoms with van der Waals surface area (Å²) in [5.74, 6) is 1.38. The first kappa shape index (κ1) is 20.9. The molecule has 1 atom stereocenters. The van der Waals surface area contributed by atoms with E-state index in [4.69, 9.17) is 0 Å². The Morgan fingerprint density at radius 1 is 1.29 bits per heavy atom. The molecule has 0 amide bonds. The third-order valence-corrected chi connectivity index (χ3v) is 5.68. The molecule has 28 heavy (non-hydrogen) atoms. The molecule has 1 saturated heterocycles. The maximum atomic E-state index is 4.40. The lowest BCUT2D eigenvalue weighted by Crippen LogP contribution is -2.49. The number of piperidine rings is 1. The van der Waals surface area contributed by atoms with Crippen LogP contribution in [0.15, 0.2) is 52.2 Å². The maximum Gasteiger partial charge on any atom is 0.191 e. The number of halogens is 1. The molecular formula is C21H31BrN6. The van der Waals surface area contributed by atoms with Crippen LogP contribution in [0.3, 0.4) is 0 Å². The minimum absolute atomic E-state index is 0.478. The highest BCUT2D eigenvalue weighted by molar-refractivity contribution is 9.10. The van der Waals surface area contributed by atoms with Gasteiger partial charge < -0.3 is 10.6 Å². The standard InChI is InChI=1S/C21H31BrN6/c1-17(15-28-11-3-10-25-28)14-24-21(23-2)26-20-8-12-27(13-9-20)16-18-4-6-19(22)7-5-18/h3-7,10-11,17,20H,8-9,12-16H2,1-2H3,(H2,23,24,26). The highest BCUT2D eigenvalue weighted by Crippen LogP contribution is 2.16. The van der Waals surface area contributed by atoms with Gasteiger partial charge >= 0.3 is 0 Å². The van der Waals surface area contributed by atoms with Crippen LogP contribution in [-0.4, -0.2) is 53.4 Å². The molecule has 0 bridgehead atoms. The Kier molecular flexibility index (Phi) is 7.91. The van der Waals surface area contributed by atoms with E-state index in [0.717, 1.165) is 56.0 Å². The van der Waals surface area contributed by atoms with E-state index in [2.05, 4.69) is 72.7 Å². The number of nitrogens with zero attached hydrogens (tertiary/aromatic N) is 4. The van der Waals surface area contributed by atoms with Crippen LogP contribution in [0.2, 0.25) is 0 Å². The predicted octanol–water partition coefficient (Wildman–Crippen LogP) is 3.11. The average Bonchev–Trinajstić information content (AvgIpc) is 3.21. The summed E-state index contributed by atoms with van der Waals surface area (Å²) in [6.45, 7) is 7.26. The van der Waals surface area contributed by atoms with Crippen LogP contribution in [0.5, 0.6) is 0 Å². The summed E-state index contributed by atoms with van der Waals surface area (Å²) < 4.78 is 3.11. The van der Waals surface area contributed by atoms with Crippen molar-refractivity contribution in [3.8, 4) is 0 Å². The lowest BCUT2D eigenvalue weighted by Gasteiger charge is -2.33. The Labute approximate surface area is 176 Å². The molecular weight excluding hydrogens is 416 g/mol. The largest absolute Gasteiger partial charge is 0.356 e. The van der Waals surface area contributed by atoms with Gasteiger partial charge in [0.05, 0.1) is 0 Å². The van der Waals surface area contributed by atoms with Gasteiger partial charge in [-0.3, -0.25) is 14.6 Å². The summed E-state index contributed by atoms with van der Waals surface area (Å²) in [7, 11) is 1.84. The minimum Gasteiger partial charge on any atom is -0.356 e. The van der Waals surface area contributed by atoms with Crippen molar-refractivity contribution in [2.24, 2.45) is 10.9 Å². The van der Waals surface area contributed by atoms with Gasteiger partial charge in [0.25, 0.3) is 0 Å². The Bertz CT molecular complexity index is 720. The first-order valence-electron chi connectivity index (χ1n) is 10.0. The van der Waals surface area contributed by atoms with Crippen molar-refractivity contribution in [2.45, 2.75) is 38.9 Å². The second-order valence-corrected chi connectivity index (χ2v) is 8.52. The van der Waals surface area contributed by atoms with Crippen LogP contribution >= 0.6 is 15.9 Å². The zero-order chi connectivity index (χ0) is 19.8. The van der Waals surface area contributed by atoms with Gasteiger partial charge in [0.1, 0.15) is 0 Å². The third kappa shape index (κ3) is 6.63. The SMILES string of the molecule is CN=C(NCC(C)Cn1cccn1)NC1CCN(Cc2ccc(Br)cc2)CC1. The molecule has 3 rings (SSSR count). The van der Waals surface area contributed by atoms with Crippen molar-refractivity contribution < 1.29 is 0 Å². The van der Waals surface area contributed by atoms with Gasteiger partial charge in [-0.05, 0) is 42.5 Å². The zero-order valence-electron chi connectivity index (χ0n) is 16.8. The maximum absolute atomic E-state index is 4.40. The fourth-order valence-electron chi connectivity index (χ4n) is 3.53. The van der Waals surface area contributed by atoms with Crippen LogP contribution in [0.1, 0.15) is 25.3 Å². The Morgan fingerprint density at radius 2 is 2.04 bits per heavy atom. The molecule has 1 aromatic heterocycles. The van der Waals surface area contributed by atoms with Crippen molar-refractivity contribution >= 4 is 21.9 Å². The topological polar surface area (TPSA) is 57.5 Å². The number of aromatic nitrogens is 2. The zero-order valence-corrected chi connectivity index (χ0v) is 18.4. The Balaban J connectivity index is 1.37. The minimum atomic E-state index is 0.478. The monoisotopic (exact) mass is 446 g/mol. The quantitative estimate of drug-likeness (QED) is 0.506. The molecule has 1 aliphatic heterocycles. The van der Waals surface area contributed by atoms with Crippen LogP contribution < -0.4 is 10.6 Å². The van der Waals surface area contributed by atoms with Crippen molar-refractivity contribution in [1.29, 1.82) is 0 Å². The van der Waals surface area contributed by atoms with Crippen LogP contribution in [0.25, 0.3) is 0 Å². The summed E-state index contributed by atoms with van der Waals surface area (Å²) in [5.41, 5.74) is 1.37. The fraction of sp³-hybridized carbons (Fsp3) is 0.524. The van der Waals surface area contributed by atoms with Gasteiger partial charge in [0.15, 0.2) is 5.96 Å². The molecule has 2 heterocycles. The van der Waals surface area contributed by atoms with Crippen molar-refractivity contribution in [3.05, 3.63) is 52.8 Å². The first-order valence-corrected chi connectivity index (χ1v) is 10.8. The number of nitrogens with one attached hydrogen (secondary N) is 2. The molecule has 6 nitrogen and oxygen atoms in total. The molecule has 0 spiro atoms. The summed E-state index contributed by atoms with van der Waals surface area (Å²) in [6.07, 6.45) is 6.11. The van der Waals surface area contributed by atoms with E-state index in [1.54, 1.807) is 0 Å². The second kappa shape index (κ2) is 10.6. The summed E-state index contributed by atoms with van der Waals surface area (Å²) in [5, 5.41) is 11.3. The highest BCUT2D eigenvalue weighted by atomic mass is 79.9. The van der Waals surface area contributed by atoms with Crippen molar-refractivity contribution in [1.82, 2.24) is 25.3 Å². The number of guanidine groups is 1.